The topological polar surface area (TPSA) is 92.6 Å². The third-order valence-electron chi connectivity index (χ3n) is 6.02. The number of aliphatic hydroxyl groups excluding tert-OH is 1. The summed E-state index contributed by atoms with van der Waals surface area (Å²) in [6.45, 7) is 2.54. The lowest BCUT2D eigenvalue weighted by Crippen LogP contribution is -2.29. The molecule has 4 aromatic rings. The number of carbonyl (C=O) groups excluding carboxylic acids is 2. The predicted molar refractivity (Wildman–Crippen MR) is 154 cm³/mol. The van der Waals surface area contributed by atoms with Crippen molar-refractivity contribution in [3.05, 3.63) is 106 Å². The molecular formula is C29H24ClN3O4S2. The van der Waals surface area contributed by atoms with E-state index in [2.05, 4.69) is 10.2 Å². The van der Waals surface area contributed by atoms with Gasteiger partial charge in [0.1, 0.15) is 11.5 Å². The van der Waals surface area contributed by atoms with Crippen LogP contribution in [0.3, 0.4) is 0 Å². The third-order valence-corrected chi connectivity index (χ3v) is 8.39. The molecule has 1 unspecified atom stereocenters. The highest BCUT2D eigenvalue weighted by molar-refractivity contribution is 8.00. The van der Waals surface area contributed by atoms with Gasteiger partial charge in [0.2, 0.25) is 5.13 Å². The van der Waals surface area contributed by atoms with E-state index in [0.29, 0.717) is 38.6 Å². The summed E-state index contributed by atoms with van der Waals surface area (Å²) in [5, 5.41) is 20.7. The van der Waals surface area contributed by atoms with Gasteiger partial charge in [-0.3, -0.25) is 14.5 Å². The molecule has 1 fully saturated rings. The number of ketones is 1. The van der Waals surface area contributed by atoms with E-state index in [1.807, 2.05) is 43.3 Å². The Bertz CT molecular complexity index is 1520. The standard InChI is InChI=1S/C29H24ClN3O4S2/c1-2-15-37-22-10-6-9-20(16-22)24-23(25(34)19-7-4-3-5-8-19)26(35)27(36)33(24)28-31-32-29(39-28)38-17-18-11-13-21(30)14-12-18/h3-14,16,24,34H,2,15,17H2,1H3. The van der Waals surface area contributed by atoms with E-state index < -0.39 is 17.7 Å². The monoisotopic (exact) mass is 577 g/mol. The van der Waals surface area contributed by atoms with E-state index in [0.717, 1.165) is 12.0 Å². The minimum absolute atomic E-state index is 0.00981. The normalized spacial score (nSPS) is 16.6. The van der Waals surface area contributed by atoms with Gasteiger partial charge < -0.3 is 9.84 Å². The van der Waals surface area contributed by atoms with Crippen molar-refractivity contribution < 1.29 is 19.4 Å². The number of carbonyl (C=O) groups is 2. The lowest BCUT2D eigenvalue weighted by molar-refractivity contribution is -0.132. The second-order valence-electron chi connectivity index (χ2n) is 8.72. The van der Waals surface area contributed by atoms with Gasteiger partial charge in [-0.15, -0.1) is 10.2 Å². The molecule has 1 N–H and O–H groups in total. The number of thioether (sulfide) groups is 1. The van der Waals surface area contributed by atoms with Crippen LogP contribution in [-0.4, -0.2) is 33.6 Å². The number of rotatable bonds is 9. The smallest absolute Gasteiger partial charge is 0.301 e. The highest BCUT2D eigenvalue weighted by atomic mass is 35.5. The number of hydrogen-bond acceptors (Lipinski definition) is 8. The summed E-state index contributed by atoms with van der Waals surface area (Å²) >= 11 is 8.67. The summed E-state index contributed by atoms with van der Waals surface area (Å²) in [4.78, 5) is 28.1. The molecule has 198 valence electrons. The van der Waals surface area contributed by atoms with E-state index >= 15 is 0 Å². The molecular weight excluding hydrogens is 554 g/mol. The highest BCUT2D eigenvalue weighted by Crippen LogP contribution is 2.44. The van der Waals surface area contributed by atoms with Crippen molar-refractivity contribution in [2.45, 2.75) is 29.5 Å². The maximum absolute atomic E-state index is 13.4. The van der Waals surface area contributed by atoms with E-state index in [9.17, 15) is 14.7 Å². The van der Waals surface area contributed by atoms with Gasteiger partial charge in [0.25, 0.3) is 5.78 Å². The second-order valence-corrected chi connectivity index (χ2v) is 11.3. The zero-order valence-electron chi connectivity index (χ0n) is 20.9. The van der Waals surface area contributed by atoms with Crippen LogP contribution in [0.4, 0.5) is 5.13 Å². The molecule has 10 heteroatoms. The van der Waals surface area contributed by atoms with Gasteiger partial charge in [0.15, 0.2) is 4.34 Å². The Kier molecular flexibility index (Phi) is 8.30. The summed E-state index contributed by atoms with van der Waals surface area (Å²) in [6.07, 6.45) is 0.831. The summed E-state index contributed by atoms with van der Waals surface area (Å²) in [5.41, 5.74) is 2.11. The van der Waals surface area contributed by atoms with Crippen molar-refractivity contribution in [3.8, 4) is 5.75 Å². The maximum Gasteiger partial charge on any atom is 0.301 e. The van der Waals surface area contributed by atoms with Crippen molar-refractivity contribution in [1.29, 1.82) is 0 Å². The van der Waals surface area contributed by atoms with Gasteiger partial charge in [-0.05, 0) is 41.8 Å². The Labute approximate surface area is 239 Å². The summed E-state index contributed by atoms with van der Waals surface area (Å²) in [7, 11) is 0. The van der Waals surface area contributed by atoms with E-state index in [-0.39, 0.29) is 16.5 Å². The Hall–Kier alpha value is -3.66. The van der Waals surface area contributed by atoms with Crippen LogP contribution in [0.5, 0.6) is 5.75 Å². The van der Waals surface area contributed by atoms with Crippen molar-refractivity contribution in [1.82, 2.24) is 10.2 Å². The molecule has 5 rings (SSSR count). The molecule has 39 heavy (non-hydrogen) atoms. The number of anilines is 1. The summed E-state index contributed by atoms with van der Waals surface area (Å²) in [6, 6.07) is 22.5. The summed E-state index contributed by atoms with van der Waals surface area (Å²) < 4.78 is 6.45. The average molecular weight is 578 g/mol. The number of aromatic nitrogens is 2. The average Bonchev–Trinajstić information content (AvgIpc) is 3.53. The number of halogens is 1. The highest BCUT2D eigenvalue weighted by Gasteiger charge is 2.48. The molecule has 7 nitrogen and oxygen atoms in total. The van der Waals surface area contributed by atoms with Gasteiger partial charge in [0, 0.05) is 16.3 Å². The molecule has 1 aliphatic rings. The Morgan fingerprint density at radius 3 is 2.56 bits per heavy atom. The molecule has 0 saturated carbocycles. The van der Waals surface area contributed by atoms with Crippen molar-refractivity contribution in [2.24, 2.45) is 0 Å². The van der Waals surface area contributed by atoms with Crippen LogP contribution in [0, 0.1) is 0 Å². The van der Waals surface area contributed by atoms with E-state index in [1.165, 1.54) is 28.0 Å². The van der Waals surface area contributed by atoms with Gasteiger partial charge in [-0.1, -0.05) is 96.2 Å². The van der Waals surface area contributed by atoms with Crippen LogP contribution in [0.1, 0.15) is 36.1 Å². The number of Topliss-reactive ketones (excluding diaryl/α,β-unsaturated/α-hetero) is 1. The van der Waals surface area contributed by atoms with Crippen molar-refractivity contribution in [3.63, 3.8) is 0 Å². The number of hydrogen-bond donors (Lipinski definition) is 1. The first-order valence-corrected chi connectivity index (χ1v) is 14.4. The molecule has 1 amide bonds. The quantitative estimate of drug-likeness (QED) is 0.0760. The second kappa shape index (κ2) is 12.0. The summed E-state index contributed by atoms with van der Waals surface area (Å²) in [5.74, 6) is -0.562. The van der Waals surface area contributed by atoms with Gasteiger partial charge in [0.05, 0.1) is 18.2 Å². The van der Waals surface area contributed by atoms with Crippen LogP contribution in [0.25, 0.3) is 5.76 Å². The fourth-order valence-corrected chi connectivity index (χ4v) is 6.12. The van der Waals surface area contributed by atoms with Crippen LogP contribution in [-0.2, 0) is 15.3 Å². The van der Waals surface area contributed by atoms with Crippen molar-refractivity contribution >= 4 is 57.3 Å². The first-order valence-electron chi connectivity index (χ1n) is 12.3. The number of amides is 1. The lowest BCUT2D eigenvalue weighted by Gasteiger charge is -2.23. The van der Waals surface area contributed by atoms with Gasteiger partial charge in [-0.2, -0.15) is 0 Å². The molecule has 0 aliphatic carbocycles. The number of aliphatic hydroxyl groups is 1. The molecule has 1 aliphatic heterocycles. The largest absolute Gasteiger partial charge is 0.507 e. The van der Waals surface area contributed by atoms with Gasteiger partial charge in [-0.25, -0.2) is 0 Å². The third kappa shape index (κ3) is 5.85. The molecule has 0 radical (unpaired) electrons. The number of ether oxygens (including phenoxy) is 1. The number of nitrogens with zero attached hydrogens (tertiary/aromatic N) is 3. The molecule has 0 spiro atoms. The van der Waals surface area contributed by atoms with Crippen molar-refractivity contribution in [2.75, 3.05) is 11.5 Å². The Morgan fingerprint density at radius 2 is 1.82 bits per heavy atom. The maximum atomic E-state index is 13.4. The molecule has 1 atom stereocenters. The zero-order chi connectivity index (χ0) is 27.4. The fourth-order valence-electron chi connectivity index (χ4n) is 4.17. The SMILES string of the molecule is CCCOc1cccc(C2C(=C(O)c3ccccc3)C(=O)C(=O)N2c2nnc(SCc3ccc(Cl)cc3)s2)c1. The first-order chi connectivity index (χ1) is 19.0. The molecule has 2 heterocycles. The van der Waals surface area contributed by atoms with E-state index in [4.69, 9.17) is 16.3 Å². The Balaban J connectivity index is 1.53. The van der Waals surface area contributed by atoms with Crippen LogP contribution in [0.2, 0.25) is 5.02 Å². The predicted octanol–water partition coefficient (Wildman–Crippen LogP) is 6.90. The zero-order valence-corrected chi connectivity index (χ0v) is 23.3. The van der Waals surface area contributed by atoms with Crippen LogP contribution in [0.15, 0.2) is 88.8 Å². The van der Waals surface area contributed by atoms with Gasteiger partial charge >= 0.3 is 5.91 Å². The minimum Gasteiger partial charge on any atom is -0.507 e. The molecule has 1 saturated heterocycles. The molecule has 0 bridgehead atoms. The van der Waals surface area contributed by atoms with Crippen LogP contribution < -0.4 is 9.64 Å². The molecule has 1 aromatic heterocycles. The molecule has 3 aromatic carbocycles. The van der Waals surface area contributed by atoms with Crippen LogP contribution >= 0.6 is 34.7 Å². The van der Waals surface area contributed by atoms with E-state index in [1.54, 1.807) is 42.5 Å². The number of benzene rings is 3. The first kappa shape index (κ1) is 26.9. The Morgan fingerprint density at radius 1 is 1.05 bits per heavy atom. The fraction of sp³-hybridized carbons (Fsp3) is 0.172. The lowest BCUT2D eigenvalue weighted by atomic mass is 9.95. The minimum atomic E-state index is -0.905.